The van der Waals surface area contributed by atoms with Crippen molar-refractivity contribution in [3.05, 3.63) is 32.7 Å². The third-order valence-corrected chi connectivity index (χ3v) is 4.43. The third kappa shape index (κ3) is 2.64. The van der Waals surface area contributed by atoms with Crippen molar-refractivity contribution in [2.45, 2.75) is 19.8 Å². The molecule has 0 aliphatic rings. The lowest BCUT2D eigenvalue weighted by atomic mass is 10.1. The fourth-order valence-corrected chi connectivity index (χ4v) is 3.19. The number of nitrogens with zero attached hydrogens (tertiary/aromatic N) is 1. The number of hydrogen-bond donors (Lipinski definition) is 1. The first-order chi connectivity index (χ1) is 7.99. The van der Waals surface area contributed by atoms with Gasteiger partial charge in [-0.2, -0.15) is 0 Å². The van der Waals surface area contributed by atoms with Crippen molar-refractivity contribution < 1.29 is 0 Å². The highest BCUT2D eigenvalue weighted by Gasteiger charge is 2.15. The lowest BCUT2D eigenvalue weighted by molar-refractivity contribution is 0.853. The van der Waals surface area contributed by atoms with Crippen molar-refractivity contribution >= 4 is 43.9 Å². The monoisotopic (exact) mass is 330 g/mol. The topological polar surface area (TPSA) is 38.9 Å². The van der Waals surface area contributed by atoms with E-state index in [2.05, 4.69) is 34.8 Å². The first-order valence-corrected chi connectivity index (χ1v) is 7.19. The Morgan fingerprint density at radius 1 is 1.41 bits per heavy atom. The molecule has 2 nitrogen and oxygen atoms in total. The molecule has 2 N–H and O–H groups in total. The van der Waals surface area contributed by atoms with E-state index in [4.69, 9.17) is 17.3 Å². The van der Waals surface area contributed by atoms with E-state index in [1.807, 2.05) is 18.2 Å². The molecule has 0 aliphatic carbocycles. The number of nitrogen functional groups attached to an aromatic ring is 1. The molecule has 1 heterocycles. The zero-order chi connectivity index (χ0) is 12.6. The fourth-order valence-electron chi connectivity index (χ4n) is 1.47. The molecule has 0 bridgehead atoms. The van der Waals surface area contributed by atoms with Crippen LogP contribution >= 0.6 is 38.9 Å². The van der Waals surface area contributed by atoms with Crippen LogP contribution in [-0.2, 0) is 0 Å². The molecule has 2 aromatic rings. The van der Waals surface area contributed by atoms with E-state index in [1.165, 1.54) is 0 Å². The van der Waals surface area contributed by atoms with Crippen molar-refractivity contribution in [1.82, 2.24) is 4.98 Å². The van der Waals surface area contributed by atoms with Gasteiger partial charge < -0.3 is 5.73 Å². The number of anilines is 1. The standard InChI is InChI=1S/C12H12BrClN2S/c1-6(2)12-16-10(11(15)17-12)8-4-3-7(14)5-9(8)13/h3-6H,15H2,1-2H3. The van der Waals surface area contributed by atoms with E-state index < -0.39 is 0 Å². The summed E-state index contributed by atoms with van der Waals surface area (Å²) >= 11 is 11.0. The first-order valence-electron chi connectivity index (χ1n) is 5.20. The van der Waals surface area contributed by atoms with Crippen molar-refractivity contribution in [2.24, 2.45) is 0 Å². The summed E-state index contributed by atoms with van der Waals surface area (Å²) in [6, 6.07) is 5.63. The number of nitrogens with two attached hydrogens (primary N) is 1. The molecule has 90 valence electrons. The summed E-state index contributed by atoms with van der Waals surface area (Å²) in [4.78, 5) is 4.59. The Kier molecular flexibility index (Phi) is 3.76. The second-order valence-corrected chi connectivity index (χ2v) is 6.40. The van der Waals surface area contributed by atoms with Gasteiger partial charge in [-0.05, 0) is 12.1 Å². The summed E-state index contributed by atoms with van der Waals surface area (Å²) in [6.45, 7) is 4.22. The van der Waals surface area contributed by atoms with Gasteiger partial charge in [-0.25, -0.2) is 4.98 Å². The predicted molar refractivity (Wildman–Crippen MR) is 78.8 cm³/mol. The van der Waals surface area contributed by atoms with Crippen LogP contribution in [-0.4, -0.2) is 4.98 Å². The highest BCUT2D eigenvalue weighted by Crippen LogP contribution is 2.37. The summed E-state index contributed by atoms with van der Waals surface area (Å²) in [6.07, 6.45) is 0. The number of thiazole rings is 1. The second kappa shape index (κ2) is 4.96. The van der Waals surface area contributed by atoms with Crippen LogP contribution in [0.5, 0.6) is 0 Å². The van der Waals surface area contributed by atoms with E-state index in [-0.39, 0.29) is 0 Å². The van der Waals surface area contributed by atoms with Crippen LogP contribution in [0.4, 0.5) is 5.00 Å². The molecule has 1 aromatic heterocycles. The van der Waals surface area contributed by atoms with Gasteiger partial charge in [0.15, 0.2) is 0 Å². The molecule has 0 saturated carbocycles. The largest absolute Gasteiger partial charge is 0.389 e. The number of rotatable bonds is 2. The molecular weight excluding hydrogens is 320 g/mol. The van der Waals surface area contributed by atoms with Crippen LogP contribution in [0.1, 0.15) is 24.8 Å². The van der Waals surface area contributed by atoms with Crippen LogP contribution in [0.2, 0.25) is 5.02 Å². The van der Waals surface area contributed by atoms with E-state index in [9.17, 15) is 0 Å². The summed E-state index contributed by atoms with van der Waals surface area (Å²) in [5, 5.41) is 2.49. The highest BCUT2D eigenvalue weighted by molar-refractivity contribution is 9.10. The maximum absolute atomic E-state index is 6.02. The van der Waals surface area contributed by atoms with Crippen molar-refractivity contribution in [3.63, 3.8) is 0 Å². The zero-order valence-electron chi connectivity index (χ0n) is 9.50. The van der Waals surface area contributed by atoms with E-state index in [0.717, 1.165) is 25.7 Å². The van der Waals surface area contributed by atoms with E-state index in [1.54, 1.807) is 11.3 Å². The van der Waals surface area contributed by atoms with Gasteiger partial charge in [-0.3, -0.25) is 0 Å². The minimum absolute atomic E-state index is 0.391. The maximum atomic E-state index is 6.02. The molecule has 0 amide bonds. The number of benzene rings is 1. The van der Waals surface area contributed by atoms with E-state index in [0.29, 0.717) is 10.9 Å². The van der Waals surface area contributed by atoms with Crippen LogP contribution in [0.3, 0.4) is 0 Å². The Morgan fingerprint density at radius 2 is 2.12 bits per heavy atom. The summed E-state index contributed by atoms with van der Waals surface area (Å²) in [5.41, 5.74) is 7.84. The van der Waals surface area contributed by atoms with Gasteiger partial charge in [0.25, 0.3) is 0 Å². The SMILES string of the molecule is CC(C)c1nc(-c2ccc(Cl)cc2Br)c(N)s1. The molecule has 0 unspecified atom stereocenters. The highest BCUT2D eigenvalue weighted by atomic mass is 79.9. The number of aromatic nitrogens is 1. The minimum Gasteiger partial charge on any atom is -0.389 e. The Balaban J connectivity index is 2.52. The molecule has 0 saturated heterocycles. The van der Waals surface area contributed by atoms with Crippen molar-refractivity contribution in [1.29, 1.82) is 0 Å². The molecule has 0 aliphatic heterocycles. The van der Waals surface area contributed by atoms with Gasteiger partial charge >= 0.3 is 0 Å². The molecule has 0 fully saturated rings. The zero-order valence-corrected chi connectivity index (χ0v) is 12.7. The van der Waals surface area contributed by atoms with Crippen LogP contribution < -0.4 is 5.73 Å². The first kappa shape index (κ1) is 12.9. The fraction of sp³-hybridized carbons (Fsp3) is 0.250. The van der Waals surface area contributed by atoms with Gasteiger partial charge in [0, 0.05) is 21.0 Å². The van der Waals surface area contributed by atoms with Gasteiger partial charge in [0.1, 0.15) is 10.7 Å². The van der Waals surface area contributed by atoms with E-state index >= 15 is 0 Å². The Bertz CT molecular complexity index is 551. The van der Waals surface area contributed by atoms with Gasteiger partial charge in [0.2, 0.25) is 0 Å². The number of hydrogen-bond acceptors (Lipinski definition) is 3. The number of halogens is 2. The lowest BCUT2D eigenvalue weighted by Gasteiger charge is -2.03. The molecular formula is C12H12BrClN2S. The quantitative estimate of drug-likeness (QED) is 0.847. The molecule has 2 rings (SSSR count). The molecule has 5 heteroatoms. The summed E-state index contributed by atoms with van der Waals surface area (Å²) in [5.74, 6) is 0.391. The van der Waals surface area contributed by atoms with Crippen molar-refractivity contribution in [3.8, 4) is 11.3 Å². The Morgan fingerprint density at radius 3 is 2.65 bits per heavy atom. The van der Waals surface area contributed by atoms with Crippen LogP contribution in [0, 0.1) is 0 Å². The Labute approximate surface area is 118 Å². The predicted octanol–water partition coefficient (Wildman–Crippen LogP) is 4.93. The molecule has 1 aromatic carbocycles. The van der Waals surface area contributed by atoms with Gasteiger partial charge in [-0.15, -0.1) is 11.3 Å². The molecule has 0 spiro atoms. The maximum Gasteiger partial charge on any atom is 0.114 e. The second-order valence-electron chi connectivity index (χ2n) is 4.04. The smallest absolute Gasteiger partial charge is 0.114 e. The van der Waals surface area contributed by atoms with Gasteiger partial charge in [0.05, 0.1) is 5.01 Å². The average Bonchev–Trinajstić information content (AvgIpc) is 2.61. The molecule has 0 atom stereocenters. The summed E-state index contributed by atoms with van der Waals surface area (Å²) in [7, 11) is 0. The van der Waals surface area contributed by atoms with Crippen molar-refractivity contribution in [2.75, 3.05) is 5.73 Å². The van der Waals surface area contributed by atoms with Gasteiger partial charge in [-0.1, -0.05) is 47.4 Å². The third-order valence-electron chi connectivity index (χ3n) is 2.35. The average molecular weight is 332 g/mol. The summed E-state index contributed by atoms with van der Waals surface area (Å²) < 4.78 is 0.914. The van der Waals surface area contributed by atoms with Crippen LogP contribution in [0.15, 0.2) is 22.7 Å². The Hall–Kier alpha value is -0.580. The molecule has 17 heavy (non-hydrogen) atoms. The minimum atomic E-state index is 0.391. The lowest BCUT2D eigenvalue weighted by Crippen LogP contribution is -1.88. The normalized spacial score (nSPS) is 11.1. The van der Waals surface area contributed by atoms with Crippen LogP contribution in [0.25, 0.3) is 11.3 Å². The molecule has 0 radical (unpaired) electrons.